The minimum Gasteiger partial charge on any atom is -0.326 e. The first-order chi connectivity index (χ1) is 13.6. The van der Waals surface area contributed by atoms with Gasteiger partial charge in [-0.15, -0.1) is 11.8 Å². The first kappa shape index (κ1) is 20.5. The second-order valence-corrected chi connectivity index (χ2v) is 8.15. The molecule has 0 aromatic heterocycles. The Balaban J connectivity index is 1.71. The number of nitrogens with zero attached hydrogens (tertiary/aromatic N) is 1. The molecule has 0 spiro atoms. The third kappa shape index (κ3) is 4.96. The number of unbranched alkanes of at least 4 members (excludes halogenated alkanes) is 2. The molecule has 1 heterocycles. The van der Waals surface area contributed by atoms with Gasteiger partial charge in [0.15, 0.2) is 0 Å². The lowest BCUT2D eigenvalue weighted by molar-refractivity contribution is -0.116. The first-order valence-electron chi connectivity index (χ1n) is 10.0. The van der Waals surface area contributed by atoms with E-state index in [1.807, 2.05) is 41.3 Å². The second-order valence-electron chi connectivity index (χ2n) is 7.08. The molecule has 1 N–H and O–H groups in total. The molecule has 3 rings (SSSR count). The second kappa shape index (κ2) is 9.78. The van der Waals surface area contributed by atoms with Crippen LogP contribution in [-0.4, -0.2) is 17.6 Å². The predicted molar refractivity (Wildman–Crippen MR) is 118 cm³/mol. The van der Waals surface area contributed by atoms with E-state index >= 15 is 0 Å². The lowest BCUT2D eigenvalue weighted by Gasteiger charge is -2.25. The molecule has 1 aliphatic heterocycles. The molecule has 2 aromatic carbocycles. The van der Waals surface area contributed by atoms with Gasteiger partial charge in [-0.05, 0) is 48.2 Å². The van der Waals surface area contributed by atoms with E-state index in [9.17, 15) is 9.59 Å². The summed E-state index contributed by atoms with van der Waals surface area (Å²) in [6.07, 6.45) is 4.61. The molecule has 0 unspecified atom stereocenters. The van der Waals surface area contributed by atoms with E-state index in [0.717, 1.165) is 42.6 Å². The Morgan fingerprint density at radius 1 is 1.14 bits per heavy atom. The summed E-state index contributed by atoms with van der Waals surface area (Å²) in [5.74, 6) is 0.679. The zero-order valence-corrected chi connectivity index (χ0v) is 17.4. The molecule has 5 heteroatoms. The highest BCUT2D eigenvalue weighted by Gasteiger charge is 2.34. The van der Waals surface area contributed by atoms with Crippen molar-refractivity contribution in [3.8, 4) is 0 Å². The summed E-state index contributed by atoms with van der Waals surface area (Å²) < 4.78 is 0. The maximum atomic E-state index is 12.5. The molecule has 1 saturated heterocycles. The summed E-state index contributed by atoms with van der Waals surface area (Å²) in [5.41, 5.74) is 4.05. The summed E-state index contributed by atoms with van der Waals surface area (Å²) >= 11 is 1.64. The van der Waals surface area contributed by atoms with Crippen LogP contribution in [0.5, 0.6) is 0 Å². The fourth-order valence-electron chi connectivity index (χ4n) is 3.37. The number of carbonyl (C=O) groups is 2. The Hall–Kier alpha value is -2.27. The molecule has 2 aromatic rings. The fraction of sp³-hybridized carbons (Fsp3) is 0.391. The molecule has 4 nitrogen and oxygen atoms in total. The molecule has 0 aliphatic carbocycles. The van der Waals surface area contributed by atoms with E-state index in [2.05, 4.69) is 31.3 Å². The SMILES string of the molecule is CCCCCC(=O)Nc1ccc([C@@H]2SCC(=O)N2c2cccc(CC)c2)cc1. The van der Waals surface area contributed by atoms with Crippen LogP contribution in [0.1, 0.15) is 56.0 Å². The number of hydrogen-bond acceptors (Lipinski definition) is 3. The average Bonchev–Trinajstić information content (AvgIpc) is 3.10. The summed E-state index contributed by atoms with van der Waals surface area (Å²) in [7, 11) is 0. The molecule has 0 radical (unpaired) electrons. The van der Waals surface area contributed by atoms with Gasteiger partial charge in [0.25, 0.3) is 0 Å². The van der Waals surface area contributed by atoms with Crippen LogP contribution in [0.25, 0.3) is 0 Å². The van der Waals surface area contributed by atoms with E-state index in [0.29, 0.717) is 12.2 Å². The van der Waals surface area contributed by atoms with Crippen LogP contribution in [0.4, 0.5) is 11.4 Å². The van der Waals surface area contributed by atoms with Crippen LogP contribution in [0.15, 0.2) is 48.5 Å². The highest BCUT2D eigenvalue weighted by molar-refractivity contribution is 8.00. The van der Waals surface area contributed by atoms with Crippen LogP contribution < -0.4 is 10.2 Å². The van der Waals surface area contributed by atoms with Crippen molar-refractivity contribution >= 4 is 35.0 Å². The normalized spacial score (nSPS) is 16.4. The van der Waals surface area contributed by atoms with Crippen molar-refractivity contribution in [1.82, 2.24) is 0 Å². The Kier molecular flexibility index (Phi) is 7.15. The number of amides is 2. The van der Waals surface area contributed by atoms with Gasteiger partial charge in [-0.25, -0.2) is 0 Å². The first-order valence-corrected chi connectivity index (χ1v) is 11.1. The molecule has 0 bridgehead atoms. The molecule has 0 saturated carbocycles. The highest BCUT2D eigenvalue weighted by Crippen LogP contribution is 2.42. The molecular weight excluding hydrogens is 368 g/mol. The van der Waals surface area contributed by atoms with Gasteiger partial charge < -0.3 is 5.32 Å². The smallest absolute Gasteiger partial charge is 0.238 e. The summed E-state index contributed by atoms with van der Waals surface area (Å²) in [5, 5.41) is 2.93. The number of anilines is 2. The minimum absolute atomic E-state index is 0.0334. The molecular formula is C23H28N2O2S. The average molecular weight is 397 g/mol. The number of aryl methyl sites for hydroxylation is 1. The van der Waals surface area contributed by atoms with Crippen molar-refractivity contribution in [2.24, 2.45) is 0 Å². The largest absolute Gasteiger partial charge is 0.326 e. The minimum atomic E-state index is -0.0334. The Bertz CT molecular complexity index is 820. The van der Waals surface area contributed by atoms with Crippen LogP contribution in [0.3, 0.4) is 0 Å². The number of hydrogen-bond donors (Lipinski definition) is 1. The standard InChI is InChI=1S/C23H28N2O2S/c1-3-5-6-10-21(26)24-19-13-11-18(12-14-19)23-25(22(27)16-28-23)20-9-7-8-17(4-2)15-20/h7-9,11-15,23H,3-6,10,16H2,1-2H3,(H,24,26)/t23-/m0/s1. The van der Waals surface area contributed by atoms with Crippen LogP contribution >= 0.6 is 11.8 Å². The van der Waals surface area contributed by atoms with Gasteiger partial charge in [0.05, 0.1) is 5.75 Å². The van der Waals surface area contributed by atoms with Gasteiger partial charge in [0.2, 0.25) is 11.8 Å². The fourth-order valence-corrected chi connectivity index (χ4v) is 4.54. The van der Waals surface area contributed by atoms with Crippen LogP contribution in [0.2, 0.25) is 0 Å². The summed E-state index contributed by atoms with van der Waals surface area (Å²) in [6.45, 7) is 4.25. The van der Waals surface area contributed by atoms with Gasteiger partial charge in [0, 0.05) is 17.8 Å². The van der Waals surface area contributed by atoms with Crippen molar-refractivity contribution < 1.29 is 9.59 Å². The Morgan fingerprint density at radius 3 is 2.64 bits per heavy atom. The Morgan fingerprint density at radius 2 is 1.93 bits per heavy atom. The number of rotatable bonds is 8. The van der Waals surface area contributed by atoms with Crippen LogP contribution in [-0.2, 0) is 16.0 Å². The third-order valence-electron chi connectivity index (χ3n) is 4.95. The van der Waals surface area contributed by atoms with Gasteiger partial charge in [-0.2, -0.15) is 0 Å². The topological polar surface area (TPSA) is 49.4 Å². The molecule has 1 fully saturated rings. The molecule has 2 amide bonds. The van der Waals surface area contributed by atoms with Gasteiger partial charge in [-0.3, -0.25) is 14.5 Å². The van der Waals surface area contributed by atoms with Crippen molar-refractivity contribution in [2.45, 2.75) is 51.3 Å². The monoisotopic (exact) mass is 396 g/mol. The predicted octanol–water partition coefficient (Wildman–Crippen LogP) is 5.55. The molecule has 28 heavy (non-hydrogen) atoms. The van der Waals surface area contributed by atoms with Gasteiger partial charge >= 0.3 is 0 Å². The quantitative estimate of drug-likeness (QED) is 0.596. The lowest BCUT2D eigenvalue weighted by atomic mass is 10.1. The van der Waals surface area contributed by atoms with E-state index < -0.39 is 0 Å². The molecule has 1 aliphatic rings. The van der Waals surface area contributed by atoms with E-state index in [1.54, 1.807) is 11.8 Å². The molecule has 148 valence electrons. The zero-order valence-electron chi connectivity index (χ0n) is 16.6. The number of benzene rings is 2. The highest BCUT2D eigenvalue weighted by atomic mass is 32.2. The van der Waals surface area contributed by atoms with Crippen molar-refractivity contribution in [3.63, 3.8) is 0 Å². The number of nitrogens with one attached hydrogen (secondary N) is 1. The third-order valence-corrected chi connectivity index (χ3v) is 6.16. The Labute approximate surface area is 171 Å². The van der Waals surface area contributed by atoms with Crippen molar-refractivity contribution in [2.75, 3.05) is 16.0 Å². The van der Waals surface area contributed by atoms with Crippen LogP contribution in [0, 0.1) is 0 Å². The number of carbonyl (C=O) groups excluding carboxylic acids is 2. The van der Waals surface area contributed by atoms with E-state index in [-0.39, 0.29) is 17.2 Å². The van der Waals surface area contributed by atoms with Crippen molar-refractivity contribution in [3.05, 3.63) is 59.7 Å². The summed E-state index contributed by atoms with van der Waals surface area (Å²) in [6, 6.07) is 16.1. The van der Waals surface area contributed by atoms with Gasteiger partial charge in [0.1, 0.15) is 5.37 Å². The van der Waals surface area contributed by atoms with Gasteiger partial charge in [-0.1, -0.05) is 51.0 Å². The number of thioether (sulfide) groups is 1. The lowest BCUT2D eigenvalue weighted by Crippen LogP contribution is -2.27. The van der Waals surface area contributed by atoms with E-state index in [1.165, 1.54) is 5.56 Å². The summed E-state index contributed by atoms with van der Waals surface area (Å²) in [4.78, 5) is 26.4. The molecule has 1 atom stereocenters. The van der Waals surface area contributed by atoms with Crippen molar-refractivity contribution in [1.29, 1.82) is 0 Å². The maximum absolute atomic E-state index is 12.5. The maximum Gasteiger partial charge on any atom is 0.238 e. The zero-order chi connectivity index (χ0) is 19.9. The van der Waals surface area contributed by atoms with E-state index in [4.69, 9.17) is 0 Å².